The van der Waals surface area contributed by atoms with Crippen molar-refractivity contribution >= 4 is 33.8 Å². The van der Waals surface area contributed by atoms with E-state index in [9.17, 15) is 18.0 Å². The van der Waals surface area contributed by atoms with Gasteiger partial charge in [0.25, 0.3) is 15.9 Å². The lowest BCUT2D eigenvalue weighted by Gasteiger charge is -2.15. The van der Waals surface area contributed by atoms with Crippen molar-refractivity contribution in [1.82, 2.24) is 29.4 Å². The Labute approximate surface area is 199 Å². The molecule has 0 bridgehead atoms. The minimum absolute atomic E-state index is 0.0809. The van der Waals surface area contributed by atoms with Gasteiger partial charge in [-0.25, -0.2) is 17.5 Å². The van der Waals surface area contributed by atoms with E-state index in [0.717, 1.165) is 16.7 Å². The highest BCUT2D eigenvalue weighted by molar-refractivity contribution is 8.00. The van der Waals surface area contributed by atoms with Gasteiger partial charge >= 0.3 is 6.09 Å². The fraction of sp³-hybridized carbons (Fsp3) is 0.250. The Morgan fingerprint density at radius 3 is 2.50 bits per heavy atom. The quantitative estimate of drug-likeness (QED) is 0.439. The van der Waals surface area contributed by atoms with Crippen molar-refractivity contribution in [3.63, 3.8) is 0 Å². The number of carbonyl (C=O) groups excluding carboxylic acids is 2. The van der Waals surface area contributed by atoms with Crippen LogP contribution in [0.4, 0.5) is 4.79 Å². The Bertz CT molecular complexity index is 1340. The molecule has 2 aromatic carbocycles. The third-order valence-electron chi connectivity index (χ3n) is 4.69. The van der Waals surface area contributed by atoms with Crippen LogP contribution in [0.15, 0.2) is 52.5 Å². The number of ether oxygens (including phenoxy) is 2. The first-order valence-corrected chi connectivity index (χ1v) is 12.4. The van der Waals surface area contributed by atoms with Gasteiger partial charge in [0.05, 0.1) is 18.2 Å². The summed E-state index contributed by atoms with van der Waals surface area (Å²) in [6, 6.07) is 11.7. The maximum Gasteiger partial charge on any atom is 0.414 e. The van der Waals surface area contributed by atoms with E-state index in [2.05, 4.69) is 15.5 Å². The highest BCUT2D eigenvalue weighted by atomic mass is 32.2. The summed E-state index contributed by atoms with van der Waals surface area (Å²) in [4.78, 5) is 26.1. The van der Waals surface area contributed by atoms with E-state index in [4.69, 9.17) is 9.47 Å². The lowest BCUT2D eigenvalue weighted by atomic mass is 10.1. The molecule has 0 saturated heterocycles. The summed E-state index contributed by atoms with van der Waals surface area (Å²) in [5, 5.41) is 11.8. The first kappa shape index (κ1) is 23.5. The monoisotopic (exact) mass is 504 g/mol. The van der Waals surface area contributed by atoms with Gasteiger partial charge in [0.2, 0.25) is 5.16 Å². The van der Waals surface area contributed by atoms with Gasteiger partial charge in [-0.05, 0) is 41.6 Å². The molecule has 0 radical (unpaired) electrons. The Hall–Kier alpha value is -3.65. The molecular weight excluding hydrogens is 484 g/mol. The van der Waals surface area contributed by atoms with Crippen LogP contribution in [0.5, 0.6) is 11.5 Å². The number of sulfonamides is 1. The van der Waals surface area contributed by atoms with Crippen molar-refractivity contribution in [2.24, 2.45) is 0 Å². The number of aromatic nitrogens is 4. The van der Waals surface area contributed by atoms with E-state index >= 15 is 0 Å². The fourth-order valence-electron chi connectivity index (χ4n) is 3.13. The molecule has 178 valence electrons. The molecule has 0 fully saturated rings. The summed E-state index contributed by atoms with van der Waals surface area (Å²) in [7, 11) is -1.45. The molecule has 1 aliphatic rings. The summed E-state index contributed by atoms with van der Waals surface area (Å²) < 4.78 is 39.7. The first-order valence-electron chi connectivity index (χ1n) is 9.98. The molecule has 2 amide bonds. The van der Waals surface area contributed by atoms with E-state index in [-0.39, 0.29) is 34.7 Å². The fourth-order valence-corrected chi connectivity index (χ4v) is 5.90. The number of hydrogen-bond donors (Lipinski definition) is 0. The van der Waals surface area contributed by atoms with Crippen LogP contribution in [0.3, 0.4) is 0 Å². The van der Waals surface area contributed by atoms with Gasteiger partial charge in [-0.3, -0.25) is 4.79 Å². The van der Waals surface area contributed by atoms with Crippen LogP contribution >= 0.6 is 11.8 Å². The number of para-hydroxylation sites is 1. The molecule has 0 aliphatic carbocycles. The van der Waals surface area contributed by atoms with Gasteiger partial charge < -0.3 is 14.4 Å². The molecule has 34 heavy (non-hydrogen) atoms. The van der Waals surface area contributed by atoms with Crippen molar-refractivity contribution in [2.45, 2.75) is 17.0 Å². The predicted octanol–water partition coefficient (Wildman–Crippen LogP) is 2.02. The van der Waals surface area contributed by atoms with Gasteiger partial charge in [-0.15, -0.1) is 5.10 Å². The van der Waals surface area contributed by atoms with E-state index in [1.54, 1.807) is 19.1 Å². The molecule has 14 heteroatoms. The van der Waals surface area contributed by atoms with Crippen molar-refractivity contribution in [2.75, 3.05) is 26.6 Å². The summed E-state index contributed by atoms with van der Waals surface area (Å²) in [6.45, 7) is 1.91. The Morgan fingerprint density at radius 1 is 1.12 bits per heavy atom. The number of benzene rings is 2. The maximum atomic E-state index is 13.4. The molecule has 1 aliphatic heterocycles. The normalized spacial score (nSPS) is 14.1. The first-order chi connectivity index (χ1) is 16.3. The zero-order valence-corrected chi connectivity index (χ0v) is 20.0. The van der Waals surface area contributed by atoms with E-state index in [1.807, 2.05) is 18.2 Å². The molecule has 0 unspecified atom stereocenters. The summed E-state index contributed by atoms with van der Waals surface area (Å²) in [5.74, 6) is -1.28. The number of thioether (sulfide) groups is 1. The van der Waals surface area contributed by atoms with E-state index in [0.29, 0.717) is 9.99 Å². The number of hydrogen-bond acceptors (Lipinski definition) is 10. The van der Waals surface area contributed by atoms with Crippen LogP contribution in [0.2, 0.25) is 0 Å². The molecular formula is C20H20N6O6S2. The third-order valence-corrected chi connectivity index (χ3v) is 7.55. The molecule has 1 aromatic heterocycles. The summed E-state index contributed by atoms with van der Waals surface area (Å²) in [5.41, 5.74) is 0.486. The average molecular weight is 505 g/mol. The second kappa shape index (κ2) is 9.30. The van der Waals surface area contributed by atoms with Crippen molar-refractivity contribution < 1.29 is 27.5 Å². The molecule has 2 heterocycles. The van der Waals surface area contributed by atoms with E-state index < -0.39 is 26.9 Å². The number of amides is 2. The van der Waals surface area contributed by atoms with Crippen LogP contribution in [0.1, 0.15) is 17.3 Å². The topological polar surface area (TPSA) is 137 Å². The predicted molar refractivity (Wildman–Crippen MR) is 121 cm³/mol. The summed E-state index contributed by atoms with van der Waals surface area (Å²) in [6.07, 6.45) is -0.788. The zero-order valence-electron chi connectivity index (χ0n) is 18.4. The Kier molecular flexibility index (Phi) is 6.43. The Morgan fingerprint density at radius 2 is 1.82 bits per heavy atom. The second-order valence-electron chi connectivity index (χ2n) is 7.10. The summed E-state index contributed by atoms with van der Waals surface area (Å²) >= 11 is 0.962. The van der Waals surface area contributed by atoms with Crippen LogP contribution in [0.25, 0.3) is 5.69 Å². The molecule has 12 nitrogen and oxygen atoms in total. The molecule has 0 atom stereocenters. The number of rotatable bonds is 7. The maximum absolute atomic E-state index is 13.4. The molecule has 0 N–H and O–H groups in total. The van der Waals surface area contributed by atoms with Gasteiger partial charge in [0.1, 0.15) is 16.2 Å². The lowest BCUT2D eigenvalue weighted by molar-refractivity contribution is 0.0882. The second-order valence-corrected chi connectivity index (χ2v) is 9.81. The molecule has 0 saturated carbocycles. The molecule has 0 spiro atoms. The van der Waals surface area contributed by atoms with Crippen LogP contribution in [-0.4, -0.2) is 76.4 Å². The number of fused-ring (bicyclic) bond motifs is 1. The zero-order chi connectivity index (χ0) is 24.5. The Balaban J connectivity index is 1.68. The van der Waals surface area contributed by atoms with Crippen LogP contribution < -0.4 is 9.47 Å². The minimum atomic E-state index is -4.36. The molecule has 4 rings (SSSR count). The number of tetrazole rings is 1. The smallest absolute Gasteiger partial charge is 0.414 e. The third kappa shape index (κ3) is 4.17. The SMILES string of the molecule is CCOc1ccc(OC(=O)N(C)C)c2c1C(=O)N(CSc1nnnn1-c1ccccc1)S2(=O)=O. The highest BCUT2D eigenvalue weighted by Gasteiger charge is 2.46. The highest BCUT2D eigenvalue weighted by Crippen LogP contribution is 2.43. The van der Waals surface area contributed by atoms with Gasteiger partial charge in [-0.1, -0.05) is 30.0 Å². The van der Waals surface area contributed by atoms with Crippen molar-refractivity contribution in [1.29, 1.82) is 0 Å². The van der Waals surface area contributed by atoms with Crippen LogP contribution in [0, 0.1) is 0 Å². The van der Waals surface area contributed by atoms with Gasteiger partial charge in [0.15, 0.2) is 5.75 Å². The van der Waals surface area contributed by atoms with E-state index in [1.165, 1.54) is 30.9 Å². The minimum Gasteiger partial charge on any atom is -0.493 e. The standard InChI is InChI=1S/C20H20N6O6S2/c1-4-31-14-10-11-15(32-20(28)24(2)3)17-16(14)18(27)25(34(17,29)30)12-33-19-21-22-23-26(19)13-8-6-5-7-9-13/h5-11H,4,12H2,1-3H3. The number of carbonyl (C=O) groups is 2. The lowest BCUT2D eigenvalue weighted by Crippen LogP contribution is -2.30. The van der Waals surface area contributed by atoms with Crippen molar-refractivity contribution in [3.05, 3.63) is 48.0 Å². The molecule has 3 aromatic rings. The number of nitrogens with zero attached hydrogens (tertiary/aromatic N) is 6. The van der Waals surface area contributed by atoms with Gasteiger partial charge in [0, 0.05) is 14.1 Å². The van der Waals surface area contributed by atoms with Crippen LogP contribution in [-0.2, 0) is 10.0 Å². The van der Waals surface area contributed by atoms with Gasteiger partial charge in [-0.2, -0.15) is 4.68 Å². The average Bonchev–Trinajstić information content (AvgIpc) is 3.35. The van der Waals surface area contributed by atoms with Crippen molar-refractivity contribution in [3.8, 4) is 17.2 Å². The largest absolute Gasteiger partial charge is 0.493 e.